The van der Waals surface area contributed by atoms with Crippen LogP contribution in [0.4, 0.5) is 0 Å². The fraction of sp³-hybridized carbons (Fsp3) is 0.538. The zero-order chi connectivity index (χ0) is 12.5. The van der Waals surface area contributed by atoms with E-state index in [9.17, 15) is 0 Å². The Morgan fingerprint density at radius 3 is 3.00 bits per heavy atom. The molecule has 2 heterocycles. The van der Waals surface area contributed by atoms with Crippen molar-refractivity contribution < 1.29 is 0 Å². The normalized spacial score (nSPS) is 15.2. The molecule has 4 nitrogen and oxygen atoms in total. The molecule has 0 atom stereocenters. The van der Waals surface area contributed by atoms with Crippen LogP contribution < -0.4 is 5.32 Å². The third-order valence-electron chi connectivity index (χ3n) is 3.22. The number of rotatable bonds is 5. The quantitative estimate of drug-likeness (QED) is 0.900. The summed E-state index contributed by atoms with van der Waals surface area (Å²) < 4.78 is 2.03. The summed E-state index contributed by atoms with van der Waals surface area (Å²) in [7, 11) is 0. The predicted octanol–water partition coefficient (Wildman–Crippen LogP) is 2.45. The van der Waals surface area contributed by atoms with Gasteiger partial charge in [-0.15, -0.1) is 11.3 Å². The SMILES string of the molecule is CCc1nc(-n2cnc(CNC3CC3)c2)sc1C. The molecule has 3 rings (SSSR count). The summed E-state index contributed by atoms with van der Waals surface area (Å²) in [4.78, 5) is 10.4. The van der Waals surface area contributed by atoms with E-state index in [4.69, 9.17) is 0 Å². The van der Waals surface area contributed by atoms with Gasteiger partial charge in [-0.1, -0.05) is 6.92 Å². The Morgan fingerprint density at radius 1 is 1.50 bits per heavy atom. The number of nitrogens with one attached hydrogen (secondary N) is 1. The molecule has 0 unspecified atom stereocenters. The van der Waals surface area contributed by atoms with Crippen molar-refractivity contribution in [2.24, 2.45) is 0 Å². The minimum Gasteiger partial charge on any atom is -0.308 e. The lowest BCUT2D eigenvalue weighted by molar-refractivity contribution is 0.677. The lowest BCUT2D eigenvalue weighted by Gasteiger charge is -1.97. The summed E-state index contributed by atoms with van der Waals surface area (Å²) in [6.45, 7) is 5.14. The van der Waals surface area contributed by atoms with E-state index < -0.39 is 0 Å². The van der Waals surface area contributed by atoms with Crippen molar-refractivity contribution in [1.82, 2.24) is 19.9 Å². The third kappa shape index (κ3) is 2.47. The molecule has 1 aliphatic rings. The number of hydrogen-bond acceptors (Lipinski definition) is 4. The van der Waals surface area contributed by atoms with Crippen molar-refractivity contribution in [3.05, 3.63) is 28.8 Å². The molecule has 1 N–H and O–H groups in total. The zero-order valence-electron chi connectivity index (χ0n) is 10.8. The summed E-state index contributed by atoms with van der Waals surface area (Å²) >= 11 is 1.73. The molecule has 96 valence electrons. The van der Waals surface area contributed by atoms with E-state index in [-0.39, 0.29) is 0 Å². The second-order valence-electron chi connectivity index (χ2n) is 4.78. The molecule has 0 amide bonds. The Kier molecular flexibility index (Phi) is 3.18. The highest BCUT2D eigenvalue weighted by molar-refractivity contribution is 7.14. The molecule has 0 aliphatic heterocycles. The van der Waals surface area contributed by atoms with Gasteiger partial charge in [0.1, 0.15) is 6.33 Å². The smallest absolute Gasteiger partial charge is 0.195 e. The van der Waals surface area contributed by atoms with Gasteiger partial charge in [-0.3, -0.25) is 4.57 Å². The molecule has 18 heavy (non-hydrogen) atoms. The Bertz CT molecular complexity index is 539. The minimum absolute atomic E-state index is 0.726. The van der Waals surface area contributed by atoms with Gasteiger partial charge in [-0.2, -0.15) is 0 Å². The van der Waals surface area contributed by atoms with Crippen molar-refractivity contribution in [3.63, 3.8) is 0 Å². The van der Waals surface area contributed by atoms with Crippen molar-refractivity contribution in [3.8, 4) is 5.13 Å². The maximum absolute atomic E-state index is 4.64. The first-order valence-electron chi connectivity index (χ1n) is 6.49. The van der Waals surface area contributed by atoms with E-state index >= 15 is 0 Å². The molecule has 2 aromatic heterocycles. The average Bonchev–Trinajstić information content (AvgIpc) is 2.95. The average molecular weight is 262 g/mol. The van der Waals surface area contributed by atoms with Crippen molar-refractivity contribution in [2.75, 3.05) is 0 Å². The zero-order valence-corrected chi connectivity index (χ0v) is 11.6. The largest absolute Gasteiger partial charge is 0.308 e. The number of nitrogens with zero attached hydrogens (tertiary/aromatic N) is 3. The van der Waals surface area contributed by atoms with Gasteiger partial charge in [0, 0.05) is 23.7 Å². The summed E-state index contributed by atoms with van der Waals surface area (Å²) in [6.07, 6.45) is 7.56. The van der Waals surface area contributed by atoms with Crippen LogP contribution in [-0.4, -0.2) is 20.6 Å². The van der Waals surface area contributed by atoms with Crippen molar-refractivity contribution >= 4 is 11.3 Å². The van der Waals surface area contributed by atoms with E-state index in [2.05, 4.69) is 35.3 Å². The Hall–Kier alpha value is -1.20. The lowest BCUT2D eigenvalue weighted by Crippen LogP contribution is -2.15. The van der Waals surface area contributed by atoms with E-state index in [0.29, 0.717) is 0 Å². The molecule has 0 aromatic carbocycles. The summed E-state index contributed by atoms with van der Waals surface area (Å²) in [5.41, 5.74) is 2.29. The molecule has 2 aromatic rings. The summed E-state index contributed by atoms with van der Waals surface area (Å²) in [5, 5.41) is 4.50. The second kappa shape index (κ2) is 4.82. The first-order valence-corrected chi connectivity index (χ1v) is 7.31. The fourth-order valence-corrected chi connectivity index (χ4v) is 2.89. The predicted molar refractivity (Wildman–Crippen MR) is 73.2 cm³/mol. The molecule has 1 aliphatic carbocycles. The molecule has 0 radical (unpaired) electrons. The van der Waals surface area contributed by atoms with Crippen LogP contribution in [0.25, 0.3) is 5.13 Å². The van der Waals surface area contributed by atoms with Crippen LogP contribution in [0.3, 0.4) is 0 Å². The fourth-order valence-electron chi connectivity index (χ4n) is 1.95. The van der Waals surface area contributed by atoms with E-state index in [1.165, 1.54) is 23.4 Å². The summed E-state index contributed by atoms with van der Waals surface area (Å²) in [5.74, 6) is 0. The number of hydrogen-bond donors (Lipinski definition) is 1. The molecular weight excluding hydrogens is 244 g/mol. The van der Waals surface area contributed by atoms with Gasteiger partial charge in [0.2, 0.25) is 0 Å². The highest BCUT2D eigenvalue weighted by Gasteiger charge is 2.20. The van der Waals surface area contributed by atoms with Crippen LogP contribution >= 0.6 is 11.3 Å². The van der Waals surface area contributed by atoms with Crippen LogP contribution in [0, 0.1) is 6.92 Å². The molecule has 1 fully saturated rings. The Morgan fingerprint density at radius 2 is 2.33 bits per heavy atom. The van der Waals surface area contributed by atoms with Gasteiger partial charge < -0.3 is 5.32 Å². The topological polar surface area (TPSA) is 42.7 Å². The Balaban J connectivity index is 1.74. The monoisotopic (exact) mass is 262 g/mol. The lowest BCUT2D eigenvalue weighted by atomic mass is 10.3. The van der Waals surface area contributed by atoms with E-state index in [1.807, 2.05) is 10.9 Å². The molecule has 0 saturated heterocycles. The van der Waals surface area contributed by atoms with Crippen LogP contribution in [0.15, 0.2) is 12.5 Å². The number of aromatic nitrogens is 3. The maximum Gasteiger partial charge on any atom is 0.195 e. The first-order chi connectivity index (χ1) is 8.76. The minimum atomic E-state index is 0.726. The molecule has 0 bridgehead atoms. The van der Waals surface area contributed by atoms with Gasteiger partial charge in [-0.05, 0) is 26.2 Å². The molecule has 0 spiro atoms. The first kappa shape index (κ1) is 11.9. The van der Waals surface area contributed by atoms with E-state index in [1.54, 1.807) is 11.3 Å². The number of aryl methyl sites for hydroxylation is 2. The van der Waals surface area contributed by atoms with Crippen molar-refractivity contribution in [2.45, 2.75) is 45.7 Å². The maximum atomic E-state index is 4.64. The van der Waals surface area contributed by atoms with Gasteiger partial charge in [0.05, 0.1) is 11.4 Å². The van der Waals surface area contributed by atoms with Gasteiger partial charge >= 0.3 is 0 Å². The van der Waals surface area contributed by atoms with Gasteiger partial charge in [0.25, 0.3) is 0 Å². The van der Waals surface area contributed by atoms with Crippen LogP contribution in [0.5, 0.6) is 0 Å². The Labute approximate surface area is 111 Å². The molecule has 1 saturated carbocycles. The summed E-state index contributed by atoms with van der Waals surface area (Å²) in [6, 6.07) is 0.726. The highest BCUT2D eigenvalue weighted by Crippen LogP contribution is 2.22. The van der Waals surface area contributed by atoms with Gasteiger partial charge in [-0.25, -0.2) is 9.97 Å². The van der Waals surface area contributed by atoms with E-state index in [0.717, 1.165) is 29.8 Å². The number of thiazole rings is 1. The third-order valence-corrected chi connectivity index (χ3v) is 4.25. The number of imidazole rings is 1. The van der Waals surface area contributed by atoms with Gasteiger partial charge in [0.15, 0.2) is 5.13 Å². The van der Waals surface area contributed by atoms with Crippen molar-refractivity contribution in [1.29, 1.82) is 0 Å². The molecule has 5 heteroatoms. The van der Waals surface area contributed by atoms with Crippen LogP contribution in [0.1, 0.15) is 36.0 Å². The highest BCUT2D eigenvalue weighted by atomic mass is 32.1. The van der Waals surface area contributed by atoms with Crippen LogP contribution in [0.2, 0.25) is 0 Å². The standard InChI is InChI=1S/C13H18N4S/c1-3-12-9(2)18-13(16-12)17-7-11(15-8-17)6-14-10-4-5-10/h7-8,10,14H,3-6H2,1-2H3. The van der Waals surface area contributed by atoms with Crippen LogP contribution in [-0.2, 0) is 13.0 Å². The second-order valence-corrected chi connectivity index (χ2v) is 5.96. The molecular formula is C13H18N4S.